The molecular weight excluding hydrogens is 290 g/mol. The number of amides is 1. The first-order valence-corrected chi connectivity index (χ1v) is 8.59. The number of carbonyl (C=O) groups is 1. The third-order valence-corrected chi connectivity index (χ3v) is 4.82. The number of rotatable bonds is 4. The Morgan fingerprint density at radius 3 is 2.70 bits per heavy atom. The van der Waals surface area contributed by atoms with Crippen LogP contribution in [0.25, 0.3) is 0 Å². The van der Waals surface area contributed by atoms with Crippen molar-refractivity contribution in [1.82, 2.24) is 15.1 Å². The smallest absolute Gasteiger partial charge is 0.249 e. The van der Waals surface area contributed by atoms with Crippen molar-refractivity contribution < 1.29 is 9.53 Å². The molecule has 0 radical (unpaired) electrons. The molecule has 1 atom stereocenters. The van der Waals surface area contributed by atoms with E-state index in [0.29, 0.717) is 0 Å². The van der Waals surface area contributed by atoms with Crippen molar-refractivity contribution in [2.75, 3.05) is 46.4 Å². The Morgan fingerprint density at radius 1 is 1.22 bits per heavy atom. The van der Waals surface area contributed by atoms with E-state index in [0.717, 1.165) is 45.6 Å². The first-order valence-electron chi connectivity index (χ1n) is 8.59. The van der Waals surface area contributed by atoms with Crippen LogP contribution in [-0.4, -0.2) is 68.2 Å². The van der Waals surface area contributed by atoms with Gasteiger partial charge in [-0.3, -0.25) is 4.79 Å². The fourth-order valence-electron chi connectivity index (χ4n) is 3.41. The number of piperazine rings is 1. The molecule has 0 aliphatic carbocycles. The van der Waals surface area contributed by atoms with Gasteiger partial charge in [0.25, 0.3) is 0 Å². The number of carbonyl (C=O) groups excluding carboxylic acids is 1. The zero-order chi connectivity index (χ0) is 16.1. The molecule has 2 saturated heterocycles. The Hall–Kier alpha value is -1.43. The summed E-state index contributed by atoms with van der Waals surface area (Å²) in [6.45, 7) is 4.74. The minimum absolute atomic E-state index is 0.116. The van der Waals surface area contributed by atoms with Gasteiger partial charge >= 0.3 is 0 Å². The van der Waals surface area contributed by atoms with Crippen LogP contribution in [0, 0.1) is 0 Å². The highest BCUT2D eigenvalue weighted by Gasteiger charge is 2.30. The number of nitrogens with one attached hydrogen (secondary N) is 1. The molecule has 1 unspecified atom stereocenters. The Balaban J connectivity index is 1.62. The third kappa shape index (κ3) is 4.31. The normalized spacial score (nSPS) is 23.9. The van der Waals surface area contributed by atoms with Gasteiger partial charge in [0.1, 0.15) is 6.61 Å². The standard InChI is InChI=1S/C18H27N3O2/c1-20-11-12-21(17(13-20)15-5-3-2-4-6-15)18(22)14-23-16-7-9-19-10-8-16/h2-6,16-17,19H,7-14H2,1H3. The molecule has 1 aromatic rings. The SMILES string of the molecule is CN1CCN(C(=O)COC2CCNCC2)C(c2ccccc2)C1. The van der Waals surface area contributed by atoms with Gasteiger partial charge in [-0.2, -0.15) is 0 Å². The van der Waals surface area contributed by atoms with Gasteiger partial charge in [-0.25, -0.2) is 0 Å². The molecule has 0 aromatic heterocycles. The molecule has 23 heavy (non-hydrogen) atoms. The molecule has 0 saturated carbocycles. The maximum atomic E-state index is 12.7. The van der Waals surface area contributed by atoms with Gasteiger partial charge in [0.05, 0.1) is 12.1 Å². The average molecular weight is 317 g/mol. The minimum atomic E-state index is 0.116. The van der Waals surface area contributed by atoms with Gasteiger partial charge in [0.15, 0.2) is 0 Å². The van der Waals surface area contributed by atoms with Crippen molar-refractivity contribution in [2.24, 2.45) is 0 Å². The number of hydrogen-bond donors (Lipinski definition) is 1. The summed E-state index contributed by atoms with van der Waals surface area (Å²) >= 11 is 0. The van der Waals surface area contributed by atoms with Crippen LogP contribution in [0.5, 0.6) is 0 Å². The molecule has 5 nitrogen and oxygen atoms in total. The van der Waals surface area contributed by atoms with E-state index >= 15 is 0 Å². The lowest BCUT2D eigenvalue weighted by atomic mass is 10.0. The van der Waals surface area contributed by atoms with E-state index in [4.69, 9.17) is 4.74 Å². The summed E-state index contributed by atoms with van der Waals surface area (Å²) in [6, 6.07) is 10.4. The topological polar surface area (TPSA) is 44.8 Å². The van der Waals surface area contributed by atoms with Gasteiger partial charge < -0.3 is 19.9 Å². The quantitative estimate of drug-likeness (QED) is 0.908. The van der Waals surface area contributed by atoms with Gasteiger partial charge in [-0.15, -0.1) is 0 Å². The lowest BCUT2D eigenvalue weighted by molar-refractivity contribution is -0.143. The van der Waals surface area contributed by atoms with Crippen molar-refractivity contribution >= 4 is 5.91 Å². The zero-order valence-corrected chi connectivity index (χ0v) is 13.9. The lowest BCUT2D eigenvalue weighted by Gasteiger charge is -2.40. The molecule has 0 bridgehead atoms. The largest absolute Gasteiger partial charge is 0.368 e. The first kappa shape index (κ1) is 16.4. The number of benzene rings is 1. The van der Waals surface area contributed by atoms with E-state index in [9.17, 15) is 4.79 Å². The summed E-state index contributed by atoms with van der Waals surface area (Å²) in [7, 11) is 2.11. The molecule has 3 rings (SSSR count). The van der Waals surface area contributed by atoms with E-state index in [2.05, 4.69) is 29.4 Å². The van der Waals surface area contributed by atoms with Gasteiger partial charge in [0, 0.05) is 19.6 Å². The molecule has 2 fully saturated rings. The number of nitrogens with zero attached hydrogens (tertiary/aromatic N) is 2. The maximum absolute atomic E-state index is 12.7. The molecule has 126 valence electrons. The summed E-state index contributed by atoms with van der Waals surface area (Å²) in [6.07, 6.45) is 2.22. The Bertz CT molecular complexity index is 502. The second-order valence-corrected chi connectivity index (χ2v) is 6.54. The average Bonchev–Trinajstić information content (AvgIpc) is 2.61. The number of ether oxygens (including phenoxy) is 1. The van der Waals surface area contributed by atoms with Crippen LogP contribution in [0.4, 0.5) is 0 Å². The number of piperidine rings is 1. The van der Waals surface area contributed by atoms with Gasteiger partial charge in [-0.05, 0) is 38.5 Å². The predicted molar refractivity (Wildman–Crippen MR) is 90.2 cm³/mol. The van der Waals surface area contributed by atoms with Crippen LogP contribution in [0.15, 0.2) is 30.3 Å². The van der Waals surface area contributed by atoms with E-state index in [1.165, 1.54) is 5.56 Å². The van der Waals surface area contributed by atoms with Crippen molar-refractivity contribution in [2.45, 2.75) is 25.0 Å². The van der Waals surface area contributed by atoms with Crippen molar-refractivity contribution in [3.63, 3.8) is 0 Å². The van der Waals surface area contributed by atoms with Gasteiger partial charge in [-0.1, -0.05) is 30.3 Å². The lowest BCUT2D eigenvalue weighted by Crippen LogP contribution is -2.50. The summed E-state index contributed by atoms with van der Waals surface area (Å²) in [5.41, 5.74) is 1.20. The molecule has 2 aliphatic rings. The van der Waals surface area contributed by atoms with Crippen LogP contribution in [0.2, 0.25) is 0 Å². The molecule has 2 aliphatic heterocycles. The van der Waals surface area contributed by atoms with Crippen LogP contribution in [0.3, 0.4) is 0 Å². The highest BCUT2D eigenvalue weighted by molar-refractivity contribution is 5.78. The Labute approximate surface area is 138 Å². The highest BCUT2D eigenvalue weighted by Crippen LogP contribution is 2.25. The fourth-order valence-corrected chi connectivity index (χ4v) is 3.41. The number of hydrogen-bond acceptors (Lipinski definition) is 4. The highest BCUT2D eigenvalue weighted by atomic mass is 16.5. The molecular formula is C18H27N3O2. The fraction of sp³-hybridized carbons (Fsp3) is 0.611. The monoisotopic (exact) mass is 317 g/mol. The van der Waals surface area contributed by atoms with Crippen LogP contribution >= 0.6 is 0 Å². The second kappa shape index (κ2) is 7.90. The summed E-state index contributed by atoms with van der Waals surface area (Å²) in [5.74, 6) is 0.116. The Kier molecular flexibility index (Phi) is 5.65. The van der Waals surface area contributed by atoms with E-state index in [1.807, 2.05) is 23.1 Å². The van der Waals surface area contributed by atoms with Crippen molar-refractivity contribution in [3.05, 3.63) is 35.9 Å². The minimum Gasteiger partial charge on any atom is -0.368 e. The van der Waals surface area contributed by atoms with Crippen LogP contribution in [-0.2, 0) is 9.53 Å². The maximum Gasteiger partial charge on any atom is 0.249 e. The molecule has 1 aromatic carbocycles. The summed E-state index contributed by atoms with van der Waals surface area (Å²) < 4.78 is 5.86. The van der Waals surface area contributed by atoms with E-state index in [1.54, 1.807) is 0 Å². The predicted octanol–water partition coefficient (Wildman–Crippen LogP) is 1.27. The van der Waals surface area contributed by atoms with E-state index in [-0.39, 0.29) is 24.7 Å². The first-order chi connectivity index (χ1) is 11.2. The Morgan fingerprint density at radius 2 is 1.96 bits per heavy atom. The molecule has 2 heterocycles. The van der Waals surface area contributed by atoms with Crippen molar-refractivity contribution in [3.8, 4) is 0 Å². The summed E-state index contributed by atoms with van der Waals surface area (Å²) in [4.78, 5) is 17.0. The van der Waals surface area contributed by atoms with Crippen molar-refractivity contribution in [1.29, 1.82) is 0 Å². The number of likely N-dealkylation sites (N-methyl/N-ethyl adjacent to an activating group) is 1. The summed E-state index contributed by atoms with van der Waals surface area (Å²) in [5, 5.41) is 3.32. The molecule has 1 amide bonds. The van der Waals surface area contributed by atoms with Gasteiger partial charge in [0.2, 0.25) is 5.91 Å². The van der Waals surface area contributed by atoms with Crippen LogP contribution in [0.1, 0.15) is 24.4 Å². The second-order valence-electron chi connectivity index (χ2n) is 6.54. The van der Waals surface area contributed by atoms with Crippen LogP contribution < -0.4 is 5.32 Å². The molecule has 1 N–H and O–H groups in total. The molecule has 5 heteroatoms. The third-order valence-electron chi connectivity index (χ3n) is 4.82. The molecule has 0 spiro atoms. The van der Waals surface area contributed by atoms with E-state index < -0.39 is 0 Å². The zero-order valence-electron chi connectivity index (χ0n) is 13.9.